The molecule has 0 saturated carbocycles. The van der Waals surface area contributed by atoms with E-state index in [1.807, 2.05) is 6.92 Å². The minimum absolute atomic E-state index is 0.304. The van der Waals surface area contributed by atoms with Crippen molar-refractivity contribution in [1.29, 1.82) is 5.26 Å². The zero-order valence-electron chi connectivity index (χ0n) is 7.78. The molecule has 1 unspecified atom stereocenters. The molecule has 0 N–H and O–H groups in total. The Morgan fingerprint density at radius 3 is 2.50 bits per heavy atom. The molecule has 0 aromatic heterocycles. The van der Waals surface area contributed by atoms with Gasteiger partial charge in [-0.25, -0.2) is 4.67 Å². The normalized spacial score (nSPS) is 15.6. The molecule has 0 saturated heterocycles. The van der Waals surface area contributed by atoms with Gasteiger partial charge in [0.05, 0.1) is 6.61 Å². The van der Waals surface area contributed by atoms with Gasteiger partial charge in [0.1, 0.15) is 0 Å². The molecule has 0 radical (unpaired) electrons. The Kier molecular flexibility index (Phi) is 5.16. The first-order valence-corrected chi connectivity index (χ1v) is 5.56. The lowest BCUT2D eigenvalue weighted by atomic mass is 10.5. The molecule has 1 atom stereocenters. The van der Waals surface area contributed by atoms with Crippen molar-refractivity contribution in [3.05, 3.63) is 0 Å². The number of nitrogens with zero attached hydrogens (tertiary/aromatic N) is 2. The SMILES string of the molecule is CCCN(C)P(=O)(C#N)OCC. The van der Waals surface area contributed by atoms with Crippen LogP contribution in [0.15, 0.2) is 0 Å². The molecule has 70 valence electrons. The van der Waals surface area contributed by atoms with E-state index in [-0.39, 0.29) is 0 Å². The van der Waals surface area contributed by atoms with E-state index in [4.69, 9.17) is 9.79 Å². The Hall–Kier alpha value is -0.360. The predicted molar refractivity (Wildman–Crippen MR) is 47.8 cm³/mol. The van der Waals surface area contributed by atoms with Gasteiger partial charge in [0.2, 0.25) is 0 Å². The summed E-state index contributed by atoms with van der Waals surface area (Å²) in [5, 5.41) is 8.63. The maximum atomic E-state index is 11.6. The second kappa shape index (κ2) is 5.31. The zero-order chi connectivity index (χ0) is 9.61. The first-order chi connectivity index (χ1) is 5.60. The maximum Gasteiger partial charge on any atom is 0.370 e. The van der Waals surface area contributed by atoms with Gasteiger partial charge in [-0.3, -0.25) is 4.57 Å². The monoisotopic (exact) mass is 190 g/mol. The molecule has 4 nitrogen and oxygen atoms in total. The van der Waals surface area contributed by atoms with Crippen molar-refractivity contribution in [3.8, 4) is 5.81 Å². The summed E-state index contributed by atoms with van der Waals surface area (Å²) in [5.41, 5.74) is 0. The van der Waals surface area contributed by atoms with Crippen LogP contribution in [-0.4, -0.2) is 24.9 Å². The van der Waals surface area contributed by atoms with Gasteiger partial charge >= 0.3 is 7.52 Å². The van der Waals surface area contributed by atoms with Crippen LogP contribution in [0, 0.1) is 11.1 Å². The lowest BCUT2D eigenvalue weighted by molar-refractivity contribution is 0.295. The Bertz CT molecular complexity index is 212. The molecule has 0 aromatic rings. The van der Waals surface area contributed by atoms with Crippen LogP contribution in [0.5, 0.6) is 0 Å². The van der Waals surface area contributed by atoms with Crippen LogP contribution in [0.2, 0.25) is 0 Å². The summed E-state index contributed by atoms with van der Waals surface area (Å²) < 4.78 is 18.0. The van der Waals surface area contributed by atoms with E-state index in [1.165, 1.54) is 4.67 Å². The van der Waals surface area contributed by atoms with Gasteiger partial charge in [0, 0.05) is 6.54 Å². The summed E-state index contributed by atoms with van der Waals surface area (Å²) in [4.78, 5) is 0. The van der Waals surface area contributed by atoms with E-state index >= 15 is 0 Å². The first-order valence-electron chi connectivity index (χ1n) is 3.98. The summed E-state index contributed by atoms with van der Waals surface area (Å²) in [7, 11) is -1.53. The molecule has 12 heavy (non-hydrogen) atoms. The molecular weight excluding hydrogens is 175 g/mol. The van der Waals surface area contributed by atoms with Crippen LogP contribution in [0.4, 0.5) is 0 Å². The summed E-state index contributed by atoms with van der Waals surface area (Å²) in [6, 6.07) is 0. The highest BCUT2D eigenvalue weighted by Gasteiger charge is 2.27. The maximum absolute atomic E-state index is 11.6. The second-order valence-electron chi connectivity index (χ2n) is 2.42. The van der Waals surface area contributed by atoms with Gasteiger partial charge in [0.15, 0.2) is 5.81 Å². The van der Waals surface area contributed by atoms with Gasteiger partial charge in [-0.05, 0) is 20.4 Å². The lowest BCUT2D eigenvalue weighted by Gasteiger charge is -2.20. The Morgan fingerprint density at radius 2 is 2.17 bits per heavy atom. The average molecular weight is 190 g/mol. The van der Waals surface area contributed by atoms with Crippen molar-refractivity contribution < 1.29 is 9.09 Å². The molecule has 0 aromatic carbocycles. The largest absolute Gasteiger partial charge is 0.370 e. The van der Waals surface area contributed by atoms with E-state index in [9.17, 15) is 4.57 Å². The summed E-state index contributed by atoms with van der Waals surface area (Å²) in [5.74, 6) is 1.72. The molecule has 0 fully saturated rings. The molecule has 0 bridgehead atoms. The molecule has 0 aliphatic rings. The van der Waals surface area contributed by atoms with Crippen LogP contribution in [0.1, 0.15) is 20.3 Å². The minimum atomic E-state index is -3.17. The molecule has 0 aliphatic heterocycles. The van der Waals surface area contributed by atoms with Crippen LogP contribution in [-0.2, 0) is 9.09 Å². The molecule has 0 rings (SSSR count). The summed E-state index contributed by atoms with van der Waals surface area (Å²) in [6.45, 7) is 4.61. The third-order valence-electron chi connectivity index (χ3n) is 1.43. The van der Waals surface area contributed by atoms with Crippen LogP contribution < -0.4 is 0 Å². The number of nitriles is 1. The third-order valence-corrected chi connectivity index (χ3v) is 3.39. The smallest absolute Gasteiger partial charge is 0.307 e. The van der Waals surface area contributed by atoms with Gasteiger partial charge in [0.25, 0.3) is 0 Å². The first kappa shape index (κ1) is 11.6. The zero-order valence-corrected chi connectivity index (χ0v) is 8.67. The summed E-state index contributed by atoms with van der Waals surface area (Å²) >= 11 is 0. The average Bonchev–Trinajstić information content (AvgIpc) is 2.05. The fraction of sp³-hybridized carbons (Fsp3) is 0.857. The fourth-order valence-electron chi connectivity index (χ4n) is 0.834. The molecular formula is C7H15N2O2P. The van der Waals surface area contributed by atoms with Crippen LogP contribution in [0.25, 0.3) is 0 Å². The molecule has 0 aliphatic carbocycles. The van der Waals surface area contributed by atoms with Crippen molar-refractivity contribution in [3.63, 3.8) is 0 Å². The van der Waals surface area contributed by atoms with Crippen molar-refractivity contribution in [1.82, 2.24) is 4.67 Å². The minimum Gasteiger partial charge on any atom is -0.307 e. The third kappa shape index (κ3) is 2.94. The predicted octanol–water partition coefficient (Wildman–Crippen LogP) is 2.04. The Morgan fingerprint density at radius 1 is 1.58 bits per heavy atom. The highest BCUT2D eigenvalue weighted by atomic mass is 31.2. The highest BCUT2D eigenvalue weighted by Crippen LogP contribution is 2.48. The van der Waals surface area contributed by atoms with Gasteiger partial charge in [-0.1, -0.05) is 6.92 Å². The quantitative estimate of drug-likeness (QED) is 0.622. The number of hydrogen-bond acceptors (Lipinski definition) is 3. The number of rotatable bonds is 5. The van der Waals surface area contributed by atoms with E-state index in [0.29, 0.717) is 13.2 Å². The van der Waals surface area contributed by atoms with E-state index < -0.39 is 7.52 Å². The van der Waals surface area contributed by atoms with Gasteiger partial charge < -0.3 is 4.52 Å². The van der Waals surface area contributed by atoms with E-state index in [1.54, 1.807) is 19.8 Å². The fourth-order valence-corrected chi connectivity index (χ4v) is 2.05. The summed E-state index contributed by atoms with van der Waals surface area (Å²) in [6.07, 6.45) is 0.856. The lowest BCUT2D eigenvalue weighted by Crippen LogP contribution is -2.16. The van der Waals surface area contributed by atoms with E-state index in [0.717, 1.165) is 6.42 Å². The van der Waals surface area contributed by atoms with Crippen LogP contribution in [0.3, 0.4) is 0 Å². The van der Waals surface area contributed by atoms with Crippen LogP contribution >= 0.6 is 7.52 Å². The standard InChI is InChI=1S/C7H15N2O2P/c1-4-6-9(3)12(10,7-8)11-5-2/h4-6H2,1-3H3. The van der Waals surface area contributed by atoms with Crippen molar-refractivity contribution in [2.75, 3.05) is 20.2 Å². The Labute approximate surface area is 73.6 Å². The molecule has 5 heteroatoms. The van der Waals surface area contributed by atoms with Gasteiger partial charge in [-0.2, -0.15) is 5.26 Å². The van der Waals surface area contributed by atoms with Gasteiger partial charge in [-0.15, -0.1) is 0 Å². The Balaban J connectivity index is 4.32. The molecule has 0 amide bonds. The van der Waals surface area contributed by atoms with Crippen molar-refractivity contribution >= 4 is 7.52 Å². The number of hydrogen-bond donors (Lipinski definition) is 0. The van der Waals surface area contributed by atoms with E-state index in [2.05, 4.69) is 0 Å². The van der Waals surface area contributed by atoms with Crippen molar-refractivity contribution in [2.45, 2.75) is 20.3 Å². The molecule has 0 heterocycles. The molecule has 0 spiro atoms. The second-order valence-corrected chi connectivity index (χ2v) is 4.60. The topological polar surface area (TPSA) is 53.3 Å². The highest BCUT2D eigenvalue weighted by molar-refractivity contribution is 7.61. The van der Waals surface area contributed by atoms with Crippen molar-refractivity contribution in [2.24, 2.45) is 0 Å².